The molecule has 1 aromatic heterocycles. The van der Waals surface area contributed by atoms with Crippen LogP contribution in [0.25, 0.3) is 0 Å². The number of amides is 2. The molecule has 1 aliphatic rings. The van der Waals surface area contributed by atoms with E-state index in [1.54, 1.807) is 0 Å². The lowest BCUT2D eigenvalue weighted by Crippen LogP contribution is -2.49. The topological polar surface area (TPSA) is 70.5 Å². The summed E-state index contributed by atoms with van der Waals surface area (Å²) in [6, 6.07) is -0.391. The Morgan fingerprint density at radius 1 is 1.29 bits per heavy atom. The summed E-state index contributed by atoms with van der Waals surface area (Å²) in [5.74, 6) is -0.0925. The molecule has 2 heterocycles. The Labute approximate surface area is 144 Å². The highest BCUT2D eigenvalue weighted by molar-refractivity contribution is 5.86. The van der Waals surface area contributed by atoms with Crippen LogP contribution >= 0.6 is 0 Å². The number of hydrogen-bond acceptors (Lipinski definition) is 4. The lowest BCUT2D eigenvalue weighted by molar-refractivity contribution is -0.136. The van der Waals surface area contributed by atoms with Gasteiger partial charge in [-0.3, -0.25) is 19.2 Å². The van der Waals surface area contributed by atoms with Crippen molar-refractivity contribution in [3.63, 3.8) is 0 Å². The third kappa shape index (κ3) is 5.33. The van der Waals surface area contributed by atoms with Gasteiger partial charge in [0.15, 0.2) is 0 Å². The van der Waals surface area contributed by atoms with Crippen LogP contribution in [0, 0.1) is 0 Å². The normalized spacial score (nSPS) is 17.4. The standard InChI is InChI=1S/C17H29N5O2/c1-4-6-16(19-14(2)23)17(24)22-8-5-7-21(9-10-22)13-15-11-18-20(3)12-15/h11-12,16H,4-10,13H2,1-3H3,(H,19,23). The molecule has 1 aromatic rings. The Morgan fingerprint density at radius 3 is 2.71 bits per heavy atom. The van der Waals surface area contributed by atoms with Gasteiger partial charge < -0.3 is 10.2 Å². The Hall–Kier alpha value is -1.89. The molecule has 7 nitrogen and oxygen atoms in total. The SMILES string of the molecule is CCCC(NC(C)=O)C(=O)N1CCCN(Cc2cnn(C)c2)CC1. The lowest BCUT2D eigenvalue weighted by Gasteiger charge is -2.26. The molecule has 1 saturated heterocycles. The van der Waals surface area contributed by atoms with Crippen molar-refractivity contribution in [3.8, 4) is 0 Å². The van der Waals surface area contributed by atoms with Crippen LogP contribution in [0.3, 0.4) is 0 Å². The molecule has 0 radical (unpaired) electrons. The maximum atomic E-state index is 12.7. The maximum absolute atomic E-state index is 12.7. The molecule has 1 aliphatic heterocycles. The lowest BCUT2D eigenvalue weighted by atomic mass is 10.1. The summed E-state index contributed by atoms with van der Waals surface area (Å²) >= 11 is 0. The zero-order chi connectivity index (χ0) is 17.5. The highest BCUT2D eigenvalue weighted by atomic mass is 16.2. The van der Waals surface area contributed by atoms with Gasteiger partial charge in [-0.2, -0.15) is 5.10 Å². The van der Waals surface area contributed by atoms with Crippen molar-refractivity contribution in [2.24, 2.45) is 7.05 Å². The number of aryl methyl sites for hydroxylation is 1. The first-order valence-corrected chi connectivity index (χ1v) is 8.75. The van der Waals surface area contributed by atoms with Crippen molar-refractivity contribution >= 4 is 11.8 Å². The summed E-state index contributed by atoms with van der Waals surface area (Å²) < 4.78 is 1.81. The van der Waals surface area contributed by atoms with Crippen LogP contribution in [0.2, 0.25) is 0 Å². The molecule has 0 aliphatic carbocycles. The zero-order valence-corrected chi connectivity index (χ0v) is 15.0. The highest BCUT2D eigenvalue weighted by Crippen LogP contribution is 2.11. The fraction of sp³-hybridized carbons (Fsp3) is 0.706. The number of aromatic nitrogens is 2. The average Bonchev–Trinajstić information content (AvgIpc) is 2.80. The number of nitrogens with one attached hydrogen (secondary N) is 1. The highest BCUT2D eigenvalue weighted by Gasteiger charge is 2.26. The van der Waals surface area contributed by atoms with Gasteiger partial charge in [0, 0.05) is 58.5 Å². The van der Waals surface area contributed by atoms with E-state index in [0.29, 0.717) is 13.0 Å². The van der Waals surface area contributed by atoms with Gasteiger partial charge in [0.1, 0.15) is 6.04 Å². The molecular formula is C17H29N5O2. The quantitative estimate of drug-likeness (QED) is 0.833. The summed E-state index contributed by atoms with van der Waals surface area (Å²) in [6.45, 7) is 7.63. The second kappa shape index (κ2) is 8.82. The molecule has 1 N–H and O–H groups in total. The van der Waals surface area contributed by atoms with E-state index in [-0.39, 0.29) is 11.8 Å². The molecule has 7 heteroatoms. The van der Waals surface area contributed by atoms with Gasteiger partial charge in [0.25, 0.3) is 0 Å². The number of carbonyl (C=O) groups excluding carboxylic acids is 2. The van der Waals surface area contributed by atoms with Crippen molar-refractivity contribution in [1.82, 2.24) is 24.9 Å². The minimum absolute atomic E-state index is 0.0512. The van der Waals surface area contributed by atoms with Gasteiger partial charge in [0.2, 0.25) is 11.8 Å². The summed E-state index contributed by atoms with van der Waals surface area (Å²) in [7, 11) is 1.92. The largest absolute Gasteiger partial charge is 0.345 e. The third-order valence-electron chi connectivity index (χ3n) is 4.32. The van der Waals surface area contributed by atoms with Gasteiger partial charge in [0.05, 0.1) is 6.20 Å². The van der Waals surface area contributed by atoms with Gasteiger partial charge >= 0.3 is 0 Å². The number of carbonyl (C=O) groups is 2. The van der Waals surface area contributed by atoms with Crippen LogP contribution in [0.15, 0.2) is 12.4 Å². The van der Waals surface area contributed by atoms with E-state index in [0.717, 1.165) is 39.0 Å². The van der Waals surface area contributed by atoms with E-state index in [1.165, 1.54) is 12.5 Å². The molecule has 1 fully saturated rings. The van der Waals surface area contributed by atoms with Crippen molar-refractivity contribution in [2.45, 2.75) is 45.7 Å². The number of nitrogens with zero attached hydrogens (tertiary/aromatic N) is 4. The molecule has 2 rings (SSSR count). The van der Waals surface area contributed by atoms with E-state index in [9.17, 15) is 9.59 Å². The Balaban J connectivity index is 1.90. The van der Waals surface area contributed by atoms with Crippen LogP contribution < -0.4 is 5.32 Å². The molecule has 1 atom stereocenters. The Morgan fingerprint density at radius 2 is 2.08 bits per heavy atom. The monoisotopic (exact) mass is 335 g/mol. The van der Waals surface area contributed by atoms with E-state index in [4.69, 9.17) is 0 Å². The Kier molecular flexibility index (Phi) is 6.78. The smallest absolute Gasteiger partial charge is 0.245 e. The average molecular weight is 335 g/mol. The molecule has 0 aromatic carbocycles. The van der Waals surface area contributed by atoms with E-state index in [2.05, 4.69) is 15.3 Å². The second-order valence-corrected chi connectivity index (χ2v) is 6.52. The van der Waals surface area contributed by atoms with Gasteiger partial charge in [-0.1, -0.05) is 13.3 Å². The van der Waals surface area contributed by atoms with Crippen LogP contribution in [-0.4, -0.2) is 63.6 Å². The molecule has 1 unspecified atom stereocenters. The summed E-state index contributed by atoms with van der Waals surface area (Å²) in [5, 5.41) is 7.00. The second-order valence-electron chi connectivity index (χ2n) is 6.52. The zero-order valence-electron chi connectivity index (χ0n) is 15.0. The van der Waals surface area contributed by atoms with E-state index in [1.807, 2.05) is 35.9 Å². The maximum Gasteiger partial charge on any atom is 0.245 e. The predicted octanol–water partition coefficient (Wildman–Crippen LogP) is 0.759. The summed E-state index contributed by atoms with van der Waals surface area (Å²) in [5.41, 5.74) is 1.19. The fourth-order valence-corrected chi connectivity index (χ4v) is 3.17. The molecule has 24 heavy (non-hydrogen) atoms. The van der Waals surface area contributed by atoms with Gasteiger partial charge in [-0.05, 0) is 12.8 Å². The fourth-order valence-electron chi connectivity index (χ4n) is 3.17. The molecular weight excluding hydrogens is 306 g/mol. The molecule has 2 amide bonds. The van der Waals surface area contributed by atoms with Gasteiger partial charge in [-0.25, -0.2) is 0 Å². The molecule has 0 bridgehead atoms. The van der Waals surface area contributed by atoms with Crippen molar-refractivity contribution in [3.05, 3.63) is 18.0 Å². The minimum atomic E-state index is -0.391. The van der Waals surface area contributed by atoms with Crippen LogP contribution in [0.5, 0.6) is 0 Å². The first kappa shape index (κ1) is 18.4. The predicted molar refractivity (Wildman–Crippen MR) is 92.2 cm³/mol. The molecule has 0 spiro atoms. The number of hydrogen-bond donors (Lipinski definition) is 1. The molecule has 0 saturated carbocycles. The van der Waals surface area contributed by atoms with Crippen LogP contribution in [-0.2, 0) is 23.2 Å². The Bertz CT molecular complexity index is 557. The minimum Gasteiger partial charge on any atom is -0.345 e. The first-order valence-electron chi connectivity index (χ1n) is 8.75. The van der Waals surface area contributed by atoms with Crippen LogP contribution in [0.1, 0.15) is 38.7 Å². The van der Waals surface area contributed by atoms with Crippen molar-refractivity contribution < 1.29 is 9.59 Å². The summed E-state index contributed by atoms with van der Waals surface area (Å²) in [4.78, 5) is 28.3. The molecule has 134 valence electrons. The van der Waals surface area contributed by atoms with Crippen molar-refractivity contribution in [1.29, 1.82) is 0 Å². The van der Waals surface area contributed by atoms with Crippen LogP contribution in [0.4, 0.5) is 0 Å². The number of rotatable bonds is 6. The van der Waals surface area contributed by atoms with E-state index >= 15 is 0 Å². The third-order valence-corrected chi connectivity index (χ3v) is 4.32. The first-order chi connectivity index (χ1) is 11.5. The summed E-state index contributed by atoms with van der Waals surface area (Å²) in [6.07, 6.45) is 6.43. The van der Waals surface area contributed by atoms with E-state index < -0.39 is 6.04 Å². The van der Waals surface area contributed by atoms with Crippen molar-refractivity contribution in [2.75, 3.05) is 26.2 Å². The van der Waals surface area contributed by atoms with Gasteiger partial charge in [-0.15, -0.1) is 0 Å².